The summed E-state index contributed by atoms with van der Waals surface area (Å²) < 4.78 is 30.4. The summed E-state index contributed by atoms with van der Waals surface area (Å²) in [6.07, 6.45) is -1.24. The molecule has 2 aliphatic heterocycles. The van der Waals surface area contributed by atoms with Gasteiger partial charge in [-0.2, -0.15) is 10.4 Å². The number of nitrogens with two attached hydrogens (primary N) is 1. The average molecular weight is 479 g/mol. The molecule has 0 amide bonds. The van der Waals surface area contributed by atoms with Crippen molar-refractivity contribution in [1.82, 2.24) is 14.6 Å². The Morgan fingerprint density at radius 3 is 2.74 bits per heavy atom. The predicted molar refractivity (Wildman–Crippen MR) is 121 cm³/mol. The highest BCUT2D eigenvalue weighted by Gasteiger charge is 2.65. The summed E-state index contributed by atoms with van der Waals surface area (Å²) in [5, 5.41) is 14.4. The van der Waals surface area contributed by atoms with Gasteiger partial charge in [0.1, 0.15) is 42.8 Å². The van der Waals surface area contributed by atoms with Crippen molar-refractivity contribution < 1.29 is 28.5 Å². The fourth-order valence-corrected chi connectivity index (χ4v) is 4.49. The standard InChI is InChI=1S/C24H25N5O6/c1-23(2)33-19-18(16-8-9-17-21(26)27-14-28-29(16)17)34-24(12-25,20(19)35-23)13-32-22(30)31-11-10-15-6-4-3-5-7-15/h3-9,14,18-20H,10-11,13H2,1-2H3,(H2,26,27,28)/t18-,19-,20-,24+/m0/s1. The molecule has 0 aliphatic carbocycles. The first-order chi connectivity index (χ1) is 16.8. The average Bonchev–Trinajstić information content (AvgIpc) is 3.49. The summed E-state index contributed by atoms with van der Waals surface area (Å²) >= 11 is 0. The van der Waals surface area contributed by atoms with Crippen LogP contribution in [0.5, 0.6) is 0 Å². The molecule has 11 nitrogen and oxygen atoms in total. The monoisotopic (exact) mass is 479 g/mol. The zero-order chi connectivity index (χ0) is 24.6. The Balaban J connectivity index is 1.33. The quantitative estimate of drug-likeness (QED) is 0.524. The van der Waals surface area contributed by atoms with Gasteiger partial charge in [-0.05, 0) is 31.5 Å². The lowest BCUT2D eigenvalue weighted by molar-refractivity contribution is -0.205. The molecule has 0 radical (unpaired) electrons. The fraction of sp³-hybridized carbons (Fsp3) is 0.417. The summed E-state index contributed by atoms with van der Waals surface area (Å²) in [6.45, 7) is 3.24. The van der Waals surface area contributed by atoms with E-state index in [-0.39, 0.29) is 6.61 Å². The lowest BCUT2D eigenvalue weighted by Crippen LogP contribution is -2.46. The van der Waals surface area contributed by atoms with Gasteiger partial charge in [-0.25, -0.2) is 14.3 Å². The fourth-order valence-electron chi connectivity index (χ4n) is 4.49. The van der Waals surface area contributed by atoms with Gasteiger partial charge in [-0.1, -0.05) is 30.3 Å². The van der Waals surface area contributed by atoms with Crippen molar-refractivity contribution in [1.29, 1.82) is 5.26 Å². The normalized spacial score (nSPS) is 26.8. The highest BCUT2D eigenvalue weighted by Crippen LogP contribution is 2.50. The molecule has 35 heavy (non-hydrogen) atoms. The van der Waals surface area contributed by atoms with Gasteiger partial charge in [0, 0.05) is 6.42 Å². The molecule has 3 aromatic rings. The van der Waals surface area contributed by atoms with Crippen molar-refractivity contribution >= 4 is 17.5 Å². The lowest BCUT2D eigenvalue weighted by atomic mass is 9.96. The Bertz CT molecular complexity index is 1270. The number of nitriles is 1. The topological polar surface area (TPSA) is 143 Å². The Hall–Kier alpha value is -3.72. The molecule has 0 spiro atoms. The number of hydrogen-bond donors (Lipinski definition) is 1. The minimum Gasteiger partial charge on any atom is -0.434 e. The van der Waals surface area contributed by atoms with E-state index in [1.54, 1.807) is 30.5 Å². The van der Waals surface area contributed by atoms with E-state index in [0.717, 1.165) is 5.56 Å². The Morgan fingerprint density at radius 2 is 1.97 bits per heavy atom. The van der Waals surface area contributed by atoms with Gasteiger partial charge in [0.2, 0.25) is 5.60 Å². The maximum absolute atomic E-state index is 12.3. The van der Waals surface area contributed by atoms with Crippen molar-refractivity contribution in [3.05, 3.63) is 60.0 Å². The molecule has 11 heteroatoms. The zero-order valence-corrected chi connectivity index (χ0v) is 19.3. The number of aromatic nitrogens is 3. The molecule has 2 saturated heterocycles. The Kier molecular flexibility index (Phi) is 5.80. The van der Waals surface area contributed by atoms with Crippen LogP contribution in [0.2, 0.25) is 0 Å². The number of anilines is 1. The molecule has 182 valence electrons. The third-order valence-corrected chi connectivity index (χ3v) is 6.07. The van der Waals surface area contributed by atoms with Crippen LogP contribution in [0.25, 0.3) is 5.52 Å². The first-order valence-corrected chi connectivity index (χ1v) is 11.2. The second-order valence-corrected chi connectivity index (χ2v) is 8.88. The van der Waals surface area contributed by atoms with Crippen LogP contribution in [0.15, 0.2) is 48.8 Å². The van der Waals surface area contributed by atoms with Crippen LogP contribution in [0.1, 0.15) is 31.2 Å². The van der Waals surface area contributed by atoms with E-state index in [4.69, 9.17) is 29.4 Å². The molecule has 5 rings (SSSR count). The van der Waals surface area contributed by atoms with E-state index in [1.807, 2.05) is 30.3 Å². The van der Waals surface area contributed by atoms with Crippen molar-refractivity contribution in [3.8, 4) is 6.07 Å². The summed E-state index contributed by atoms with van der Waals surface area (Å²) in [6, 6.07) is 15.3. The first-order valence-electron chi connectivity index (χ1n) is 11.2. The van der Waals surface area contributed by atoms with Crippen molar-refractivity contribution in [2.75, 3.05) is 18.9 Å². The number of hydrogen-bond acceptors (Lipinski definition) is 10. The van der Waals surface area contributed by atoms with Gasteiger partial charge in [-0.15, -0.1) is 0 Å². The number of nitrogens with zero attached hydrogens (tertiary/aromatic N) is 4. The maximum atomic E-state index is 12.3. The smallest absolute Gasteiger partial charge is 0.434 e. The molecular weight excluding hydrogens is 454 g/mol. The van der Waals surface area contributed by atoms with E-state index in [9.17, 15) is 10.1 Å². The number of nitrogen functional groups attached to an aromatic ring is 1. The molecule has 2 aromatic heterocycles. The largest absolute Gasteiger partial charge is 0.508 e. The van der Waals surface area contributed by atoms with Crippen LogP contribution in [-0.2, 0) is 30.1 Å². The highest BCUT2D eigenvalue weighted by molar-refractivity contribution is 5.65. The van der Waals surface area contributed by atoms with Crippen LogP contribution in [0.3, 0.4) is 0 Å². The summed E-state index contributed by atoms with van der Waals surface area (Å²) in [4.78, 5) is 16.3. The third-order valence-electron chi connectivity index (χ3n) is 6.07. The van der Waals surface area contributed by atoms with E-state index in [1.165, 1.54) is 6.33 Å². The van der Waals surface area contributed by atoms with Crippen LogP contribution in [0, 0.1) is 11.3 Å². The van der Waals surface area contributed by atoms with Gasteiger partial charge in [0.25, 0.3) is 0 Å². The maximum Gasteiger partial charge on any atom is 0.508 e. The van der Waals surface area contributed by atoms with Crippen LogP contribution in [0.4, 0.5) is 10.6 Å². The van der Waals surface area contributed by atoms with Gasteiger partial charge >= 0.3 is 6.16 Å². The Labute approximate surface area is 201 Å². The summed E-state index contributed by atoms with van der Waals surface area (Å²) in [5.41, 5.74) is 6.57. The minimum absolute atomic E-state index is 0.141. The molecule has 4 atom stereocenters. The molecule has 2 N–H and O–H groups in total. The van der Waals surface area contributed by atoms with E-state index in [0.29, 0.717) is 23.4 Å². The molecule has 4 heterocycles. The zero-order valence-electron chi connectivity index (χ0n) is 19.3. The molecular formula is C24H25N5O6. The van der Waals surface area contributed by atoms with Crippen LogP contribution in [-0.4, -0.2) is 57.6 Å². The molecule has 2 aliphatic rings. The van der Waals surface area contributed by atoms with Gasteiger partial charge in [0.15, 0.2) is 11.6 Å². The summed E-state index contributed by atoms with van der Waals surface area (Å²) in [7, 11) is 0. The number of rotatable bonds is 6. The molecule has 1 aromatic carbocycles. The van der Waals surface area contributed by atoms with Crippen LogP contribution >= 0.6 is 0 Å². The summed E-state index contributed by atoms with van der Waals surface area (Å²) in [5.74, 6) is -0.672. The SMILES string of the molecule is CC1(C)O[C@H]2[C@H](c3ccc4c(N)ncnn34)O[C@](C#N)(COC(=O)OCCc3ccccc3)[C@H]2O1. The van der Waals surface area contributed by atoms with E-state index >= 15 is 0 Å². The van der Waals surface area contributed by atoms with Crippen LogP contribution < -0.4 is 5.73 Å². The Morgan fingerprint density at radius 1 is 1.17 bits per heavy atom. The lowest BCUT2D eigenvalue weighted by Gasteiger charge is -2.28. The van der Waals surface area contributed by atoms with Crippen molar-refractivity contribution in [2.24, 2.45) is 0 Å². The van der Waals surface area contributed by atoms with Gasteiger partial charge < -0.3 is 29.4 Å². The number of ether oxygens (including phenoxy) is 5. The number of carbonyl (C=O) groups excluding carboxylic acids is 1. The van der Waals surface area contributed by atoms with Gasteiger partial charge in [0.05, 0.1) is 12.3 Å². The number of carbonyl (C=O) groups is 1. The molecule has 0 unspecified atom stereocenters. The van der Waals surface area contributed by atoms with Crippen molar-refractivity contribution in [3.63, 3.8) is 0 Å². The second kappa shape index (κ2) is 8.81. The number of fused-ring (bicyclic) bond motifs is 2. The second-order valence-electron chi connectivity index (χ2n) is 8.88. The molecule has 0 bridgehead atoms. The van der Waals surface area contributed by atoms with E-state index < -0.39 is 42.5 Å². The predicted octanol–water partition coefficient (Wildman–Crippen LogP) is 2.56. The van der Waals surface area contributed by atoms with Gasteiger partial charge in [-0.3, -0.25) is 0 Å². The molecule has 0 saturated carbocycles. The van der Waals surface area contributed by atoms with Crippen molar-refractivity contribution in [2.45, 2.75) is 50.0 Å². The van der Waals surface area contributed by atoms with E-state index in [2.05, 4.69) is 16.2 Å². The molecule has 2 fully saturated rings. The highest BCUT2D eigenvalue weighted by atomic mass is 16.8. The first kappa shape index (κ1) is 23.0. The minimum atomic E-state index is -1.62. The third kappa shape index (κ3) is 4.27. The number of benzene rings is 1.